The summed E-state index contributed by atoms with van der Waals surface area (Å²) in [5.74, 6) is -1.21. The lowest BCUT2D eigenvalue weighted by molar-refractivity contribution is -0.386. The number of methoxy groups -OCH3 is 2. The summed E-state index contributed by atoms with van der Waals surface area (Å²) in [6.07, 6.45) is 1.86. The number of hydrogen-bond donors (Lipinski definition) is 1. The fraction of sp³-hybridized carbons (Fsp3) is 0.435. The molecule has 170 valence electrons. The second-order valence-corrected chi connectivity index (χ2v) is 8.25. The monoisotopic (exact) mass is 448 g/mol. The highest BCUT2D eigenvalue weighted by Crippen LogP contribution is 2.56. The summed E-state index contributed by atoms with van der Waals surface area (Å²) in [5.41, 5.74) is 4.62. The van der Waals surface area contributed by atoms with Gasteiger partial charge in [-0.25, -0.2) is 0 Å². The molecule has 0 saturated heterocycles. The average Bonchev–Trinajstić information content (AvgIpc) is 2.82. The van der Waals surface area contributed by atoms with E-state index >= 15 is 0 Å². The lowest BCUT2D eigenvalue weighted by Crippen LogP contribution is -2.49. The van der Waals surface area contributed by atoms with Gasteiger partial charge >= 0.3 is 0 Å². The molecular formula is C23H24N6O4. The Hall–Kier alpha value is -4.07. The van der Waals surface area contributed by atoms with E-state index in [0.717, 1.165) is 0 Å². The highest BCUT2D eigenvalue weighted by molar-refractivity contribution is 5.64. The third-order valence-corrected chi connectivity index (χ3v) is 6.49. The van der Waals surface area contributed by atoms with Gasteiger partial charge in [-0.15, -0.1) is 0 Å². The van der Waals surface area contributed by atoms with Crippen molar-refractivity contribution in [2.75, 3.05) is 27.3 Å². The first kappa shape index (κ1) is 23.6. The maximum Gasteiger partial charge on any atom is 0.276 e. The van der Waals surface area contributed by atoms with E-state index in [-0.39, 0.29) is 40.1 Å². The van der Waals surface area contributed by atoms with Crippen LogP contribution in [0.2, 0.25) is 0 Å². The summed E-state index contributed by atoms with van der Waals surface area (Å²) in [4.78, 5) is 13.6. The van der Waals surface area contributed by atoms with Gasteiger partial charge in [0, 0.05) is 36.5 Å². The standard InChI is InChI=1S/C23H24N6O4/c1-13(2)28-6-5-14-16(9-24)22(27)23(11-25,12-26)21(17(14)10-28)15-7-19(32-3)20(33-4)8-18(15)29(30)31/h5,7-8,13,17,21H,6,10,27H2,1-4H3. The molecule has 0 saturated carbocycles. The molecular weight excluding hydrogens is 424 g/mol. The molecule has 33 heavy (non-hydrogen) atoms. The highest BCUT2D eigenvalue weighted by atomic mass is 16.6. The number of hydrogen-bond acceptors (Lipinski definition) is 9. The molecule has 2 N–H and O–H groups in total. The van der Waals surface area contributed by atoms with Crippen molar-refractivity contribution in [2.24, 2.45) is 17.1 Å². The van der Waals surface area contributed by atoms with E-state index in [4.69, 9.17) is 15.2 Å². The summed E-state index contributed by atoms with van der Waals surface area (Å²) < 4.78 is 10.6. The number of allylic oxidation sites excluding steroid dienone is 2. The number of benzene rings is 1. The number of ether oxygens (including phenoxy) is 2. The minimum absolute atomic E-state index is 0.0888. The van der Waals surface area contributed by atoms with Crippen LogP contribution in [0.3, 0.4) is 0 Å². The van der Waals surface area contributed by atoms with Crippen LogP contribution < -0.4 is 15.2 Å². The van der Waals surface area contributed by atoms with Crippen LogP contribution in [0.1, 0.15) is 25.3 Å². The van der Waals surface area contributed by atoms with Crippen molar-refractivity contribution in [3.05, 3.63) is 50.7 Å². The fourth-order valence-corrected chi connectivity index (χ4v) is 4.76. The third-order valence-electron chi connectivity index (χ3n) is 6.49. The summed E-state index contributed by atoms with van der Waals surface area (Å²) in [6.45, 7) is 4.96. The molecule has 2 atom stereocenters. The zero-order valence-electron chi connectivity index (χ0n) is 18.8. The highest BCUT2D eigenvalue weighted by Gasteiger charge is 2.56. The first-order chi connectivity index (χ1) is 15.7. The second kappa shape index (κ2) is 8.82. The minimum Gasteiger partial charge on any atom is -0.493 e. The predicted octanol–water partition coefficient (Wildman–Crippen LogP) is 2.75. The molecule has 1 aliphatic heterocycles. The number of nitro benzene ring substituents is 1. The Bertz CT molecular complexity index is 1170. The van der Waals surface area contributed by atoms with Gasteiger partial charge in [0.2, 0.25) is 0 Å². The molecule has 1 aromatic carbocycles. The van der Waals surface area contributed by atoms with Crippen LogP contribution in [0.5, 0.6) is 11.5 Å². The van der Waals surface area contributed by atoms with E-state index in [1.807, 2.05) is 32.1 Å². The number of nitro groups is 1. The quantitative estimate of drug-likeness (QED) is 0.527. The molecule has 3 rings (SSSR count). The molecule has 0 aromatic heterocycles. The zero-order valence-corrected chi connectivity index (χ0v) is 18.8. The molecule has 10 nitrogen and oxygen atoms in total. The predicted molar refractivity (Wildman–Crippen MR) is 118 cm³/mol. The van der Waals surface area contributed by atoms with E-state index in [0.29, 0.717) is 18.7 Å². The van der Waals surface area contributed by atoms with Crippen LogP contribution in [0.4, 0.5) is 5.69 Å². The van der Waals surface area contributed by atoms with E-state index in [1.54, 1.807) is 0 Å². The van der Waals surface area contributed by atoms with E-state index in [9.17, 15) is 25.9 Å². The van der Waals surface area contributed by atoms with Crippen molar-refractivity contribution in [1.82, 2.24) is 4.90 Å². The topological polar surface area (TPSA) is 162 Å². The molecule has 10 heteroatoms. The van der Waals surface area contributed by atoms with Crippen molar-refractivity contribution >= 4 is 5.69 Å². The average molecular weight is 448 g/mol. The van der Waals surface area contributed by atoms with Gasteiger partial charge in [0.1, 0.15) is 6.07 Å². The van der Waals surface area contributed by atoms with E-state index in [1.165, 1.54) is 26.4 Å². The maximum absolute atomic E-state index is 12.1. The number of nitriles is 3. The summed E-state index contributed by atoms with van der Waals surface area (Å²) in [5, 5.41) is 42.4. The van der Waals surface area contributed by atoms with Crippen LogP contribution in [0, 0.1) is 55.4 Å². The fourth-order valence-electron chi connectivity index (χ4n) is 4.76. The number of nitrogens with two attached hydrogens (primary N) is 1. The van der Waals surface area contributed by atoms with Gasteiger partial charge in [-0.2, -0.15) is 15.8 Å². The number of rotatable bonds is 5. The van der Waals surface area contributed by atoms with Crippen molar-refractivity contribution in [3.63, 3.8) is 0 Å². The Morgan fingerprint density at radius 2 is 1.82 bits per heavy atom. The van der Waals surface area contributed by atoms with Gasteiger partial charge in [-0.05, 0) is 25.5 Å². The van der Waals surface area contributed by atoms with Crippen LogP contribution >= 0.6 is 0 Å². The van der Waals surface area contributed by atoms with E-state index in [2.05, 4.69) is 11.0 Å². The van der Waals surface area contributed by atoms with Crippen molar-refractivity contribution < 1.29 is 14.4 Å². The molecule has 0 radical (unpaired) electrons. The first-order valence-corrected chi connectivity index (χ1v) is 10.3. The number of nitrogens with zero attached hydrogens (tertiary/aromatic N) is 5. The largest absolute Gasteiger partial charge is 0.493 e. The second-order valence-electron chi connectivity index (χ2n) is 8.25. The smallest absolute Gasteiger partial charge is 0.276 e. The molecule has 0 bridgehead atoms. The lowest BCUT2D eigenvalue weighted by atomic mass is 9.57. The van der Waals surface area contributed by atoms with Crippen molar-refractivity contribution in [2.45, 2.75) is 25.8 Å². The van der Waals surface area contributed by atoms with Crippen molar-refractivity contribution in [1.29, 1.82) is 15.8 Å². The summed E-state index contributed by atoms with van der Waals surface area (Å²) in [6, 6.07) is 8.85. The SMILES string of the molecule is COc1cc(C2C3CN(C(C)C)CC=C3C(C#N)=C(N)C2(C#N)C#N)c([N+](=O)[O-])cc1OC. The van der Waals surface area contributed by atoms with Crippen LogP contribution in [-0.4, -0.2) is 43.2 Å². The Morgan fingerprint density at radius 3 is 2.30 bits per heavy atom. The molecule has 2 aliphatic rings. The van der Waals surface area contributed by atoms with Crippen LogP contribution in [-0.2, 0) is 0 Å². The Balaban J connectivity index is 2.43. The van der Waals surface area contributed by atoms with Gasteiger partial charge < -0.3 is 15.2 Å². The van der Waals surface area contributed by atoms with Crippen molar-refractivity contribution in [3.8, 4) is 29.7 Å². The first-order valence-electron chi connectivity index (χ1n) is 10.3. The maximum atomic E-state index is 12.1. The Morgan fingerprint density at radius 1 is 1.21 bits per heavy atom. The molecule has 1 aliphatic carbocycles. The molecule has 2 unspecified atom stereocenters. The molecule has 0 fully saturated rings. The third kappa shape index (κ3) is 3.53. The summed E-state index contributed by atoms with van der Waals surface area (Å²) in [7, 11) is 2.75. The number of fused-ring (bicyclic) bond motifs is 1. The Kier molecular flexibility index (Phi) is 6.30. The van der Waals surface area contributed by atoms with Crippen LogP contribution in [0.25, 0.3) is 0 Å². The zero-order chi connectivity index (χ0) is 24.5. The van der Waals surface area contributed by atoms with Gasteiger partial charge in [0.15, 0.2) is 16.9 Å². The van der Waals surface area contributed by atoms with Crippen LogP contribution in [0.15, 0.2) is 35.1 Å². The molecule has 0 spiro atoms. The minimum atomic E-state index is -1.99. The van der Waals surface area contributed by atoms with Gasteiger partial charge in [-0.1, -0.05) is 6.08 Å². The van der Waals surface area contributed by atoms with Gasteiger partial charge in [0.05, 0.1) is 48.6 Å². The van der Waals surface area contributed by atoms with Gasteiger partial charge in [-0.3, -0.25) is 15.0 Å². The molecule has 0 amide bonds. The van der Waals surface area contributed by atoms with Gasteiger partial charge in [0.25, 0.3) is 5.69 Å². The molecule has 1 heterocycles. The summed E-state index contributed by atoms with van der Waals surface area (Å²) >= 11 is 0. The Labute approximate surface area is 191 Å². The van der Waals surface area contributed by atoms with E-state index < -0.39 is 22.2 Å². The molecule has 1 aromatic rings. The lowest BCUT2D eigenvalue weighted by Gasteiger charge is -2.46. The normalized spacial score (nSPS) is 21.8.